The number of carbonyl (C=O) groups is 1. The van der Waals surface area contributed by atoms with Gasteiger partial charge in [0.1, 0.15) is 0 Å². The molecule has 1 fully saturated rings. The topological polar surface area (TPSA) is 49.6 Å². The van der Waals surface area contributed by atoms with E-state index in [1.807, 2.05) is 36.1 Å². The Hall–Kier alpha value is -2.33. The van der Waals surface area contributed by atoms with E-state index in [-0.39, 0.29) is 11.9 Å². The lowest BCUT2D eigenvalue weighted by molar-refractivity contribution is -0.119. The van der Waals surface area contributed by atoms with Gasteiger partial charge in [-0.2, -0.15) is 0 Å². The number of nitrogens with zero attached hydrogens (tertiary/aromatic N) is 2. The lowest BCUT2D eigenvalue weighted by Crippen LogP contribution is -2.47. The molecule has 1 amide bonds. The summed E-state index contributed by atoms with van der Waals surface area (Å²) in [5.74, 6) is 0.192. The van der Waals surface area contributed by atoms with Crippen molar-refractivity contribution in [1.82, 2.24) is 4.90 Å². The van der Waals surface area contributed by atoms with Gasteiger partial charge < -0.3 is 15.5 Å². The number of nitrogen functional groups attached to an aromatic ring is 1. The highest BCUT2D eigenvalue weighted by Gasteiger charge is 2.28. The molecule has 0 atom stereocenters. The first kappa shape index (κ1) is 18.5. The fraction of sp³-hybridized carbons (Fsp3) is 0.409. The normalized spacial score (nSPS) is 15.7. The van der Waals surface area contributed by atoms with E-state index in [0.29, 0.717) is 6.42 Å². The number of hydrogen-bond acceptors (Lipinski definition) is 3. The second-order valence-corrected chi connectivity index (χ2v) is 7.02. The second-order valence-electron chi connectivity index (χ2n) is 7.02. The van der Waals surface area contributed by atoms with Crippen LogP contribution in [0.2, 0.25) is 0 Å². The van der Waals surface area contributed by atoms with Crippen LogP contribution < -0.4 is 10.6 Å². The maximum atomic E-state index is 12.6. The SMILES string of the molecule is CCC(=O)N(c1ccc(N)cc1)C1CCN(CCc2ccccc2)CC1. The third-order valence-corrected chi connectivity index (χ3v) is 5.22. The molecule has 2 aromatic carbocycles. The summed E-state index contributed by atoms with van der Waals surface area (Å²) in [6, 6.07) is 18.6. The zero-order chi connectivity index (χ0) is 18.4. The highest BCUT2D eigenvalue weighted by Crippen LogP contribution is 2.25. The van der Waals surface area contributed by atoms with E-state index in [1.54, 1.807) is 0 Å². The first-order valence-corrected chi connectivity index (χ1v) is 9.61. The molecule has 4 heteroatoms. The highest BCUT2D eigenvalue weighted by molar-refractivity contribution is 5.93. The maximum Gasteiger partial charge on any atom is 0.226 e. The first-order valence-electron chi connectivity index (χ1n) is 9.61. The number of piperidine rings is 1. The fourth-order valence-corrected chi connectivity index (χ4v) is 3.70. The van der Waals surface area contributed by atoms with E-state index in [4.69, 9.17) is 5.73 Å². The molecule has 2 aromatic rings. The Balaban J connectivity index is 1.59. The monoisotopic (exact) mass is 351 g/mol. The first-order chi connectivity index (χ1) is 12.7. The van der Waals surface area contributed by atoms with Gasteiger partial charge in [-0.3, -0.25) is 4.79 Å². The summed E-state index contributed by atoms with van der Waals surface area (Å²) in [7, 11) is 0. The third kappa shape index (κ3) is 4.64. The molecule has 0 spiro atoms. The zero-order valence-corrected chi connectivity index (χ0v) is 15.6. The van der Waals surface area contributed by atoms with E-state index in [0.717, 1.165) is 50.3 Å². The number of anilines is 2. The molecular weight excluding hydrogens is 322 g/mol. The van der Waals surface area contributed by atoms with E-state index < -0.39 is 0 Å². The molecule has 1 saturated heterocycles. The molecule has 0 saturated carbocycles. The molecule has 1 aliphatic rings. The van der Waals surface area contributed by atoms with Crippen LogP contribution in [0.5, 0.6) is 0 Å². The van der Waals surface area contributed by atoms with E-state index in [1.165, 1.54) is 5.56 Å². The van der Waals surface area contributed by atoms with Crippen LogP contribution >= 0.6 is 0 Å². The van der Waals surface area contributed by atoms with E-state index in [9.17, 15) is 4.79 Å². The Morgan fingerprint density at radius 1 is 1.08 bits per heavy atom. The lowest BCUT2D eigenvalue weighted by atomic mass is 10.0. The zero-order valence-electron chi connectivity index (χ0n) is 15.6. The van der Waals surface area contributed by atoms with Crippen molar-refractivity contribution in [3.8, 4) is 0 Å². The number of hydrogen-bond donors (Lipinski definition) is 1. The van der Waals surface area contributed by atoms with Gasteiger partial charge in [-0.15, -0.1) is 0 Å². The van der Waals surface area contributed by atoms with Crippen molar-refractivity contribution < 1.29 is 4.79 Å². The average molecular weight is 351 g/mol. The summed E-state index contributed by atoms with van der Waals surface area (Å²) in [6.07, 6.45) is 3.65. The van der Waals surface area contributed by atoms with Crippen molar-refractivity contribution in [2.75, 3.05) is 30.3 Å². The van der Waals surface area contributed by atoms with Gasteiger partial charge in [-0.25, -0.2) is 0 Å². The van der Waals surface area contributed by atoms with Crippen LogP contribution in [0.25, 0.3) is 0 Å². The summed E-state index contributed by atoms with van der Waals surface area (Å²) in [5, 5.41) is 0. The van der Waals surface area contributed by atoms with Crippen molar-refractivity contribution in [2.24, 2.45) is 0 Å². The summed E-state index contributed by atoms with van der Waals surface area (Å²) in [4.78, 5) is 17.1. The number of benzene rings is 2. The van der Waals surface area contributed by atoms with Crippen LogP contribution in [0.4, 0.5) is 11.4 Å². The van der Waals surface area contributed by atoms with Crippen LogP contribution in [0.15, 0.2) is 54.6 Å². The molecule has 0 aromatic heterocycles. The van der Waals surface area contributed by atoms with Gasteiger partial charge in [0, 0.05) is 43.5 Å². The van der Waals surface area contributed by atoms with Gasteiger partial charge in [0.15, 0.2) is 0 Å². The summed E-state index contributed by atoms with van der Waals surface area (Å²) in [6.45, 7) is 5.10. The number of likely N-dealkylation sites (tertiary alicyclic amines) is 1. The van der Waals surface area contributed by atoms with Crippen LogP contribution in [0, 0.1) is 0 Å². The number of amides is 1. The molecule has 4 nitrogen and oxygen atoms in total. The van der Waals surface area contributed by atoms with Crippen molar-refractivity contribution in [2.45, 2.75) is 38.6 Å². The van der Waals surface area contributed by atoms with Crippen molar-refractivity contribution in [1.29, 1.82) is 0 Å². The van der Waals surface area contributed by atoms with Gasteiger partial charge >= 0.3 is 0 Å². The lowest BCUT2D eigenvalue weighted by Gasteiger charge is -2.38. The summed E-state index contributed by atoms with van der Waals surface area (Å²) < 4.78 is 0. The van der Waals surface area contributed by atoms with Crippen LogP contribution in [0.3, 0.4) is 0 Å². The molecule has 26 heavy (non-hydrogen) atoms. The van der Waals surface area contributed by atoms with Crippen LogP contribution in [-0.4, -0.2) is 36.5 Å². The quantitative estimate of drug-likeness (QED) is 0.807. The predicted octanol–water partition coefficient (Wildman–Crippen LogP) is 3.72. The Bertz CT molecular complexity index is 691. The molecule has 0 radical (unpaired) electrons. The van der Waals surface area contributed by atoms with Gasteiger partial charge in [-0.05, 0) is 49.1 Å². The highest BCUT2D eigenvalue weighted by atomic mass is 16.2. The summed E-state index contributed by atoms with van der Waals surface area (Å²) >= 11 is 0. The third-order valence-electron chi connectivity index (χ3n) is 5.22. The molecule has 138 valence electrons. The number of carbonyl (C=O) groups excluding carboxylic acids is 1. The van der Waals surface area contributed by atoms with E-state index in [2.05, 4.69) is 35.2 Å². The molecule has 1 heterocycles. The minimum atomic E-state index is 0.192. The Morgan fingerprint density at radius 3 is 2.35 bits per heavy atom. The molecule has 1 aliphatic heterocycles. The molecule has 3 rings (SSSR count). The van der Waals surface area contributed by atoms with Crippen molar-refractivity contribution >= 4 is 17.3 Å². The number of nitrogens with two attached hydrogens (primary N) is 1. The van der Waals surface area contributed by atoms with Gasteiger partial charge in [0.2, 0.25) is 5.91 Å². The molecule has 0 unspecified atom stereocenters. The fourth-order valence-electron chi connectivity index (χ4n) is 3.70. The van der Waals surface area contributed by atoms with E-state index >= 15 is 0 Å². The van der Waals surface area contributed by atoms with Crippen LogP contribution in [-0.2, 0) is 11.2 Å². The Kier molecular flexibility index (Phi) is 6.29. The van der Waals surface area contributed by atoms with Gasteiger partial charge in [0.05, 0.1) is 0 Å². The molecule has 0 aliphatic carbocycles. The van der Waals surface area contributed by atoms with Crippen LogP contribution in [0.1, 0.15) is 31.7 Å². The Labute approximate surface area is 156 Å². The minimum Gasteiger partial charge on any atom is -0.399 e. The average Bonchev–Trinajstić information content (AvgIpc) is 2.69. The largest absolute Gasteiger partial charge is 0.399 e. The number of rotatable bonds is 6. The van der Waals surface area contributed by atoms with Crippen molar-refractivity contribution in [3.63, 3.8) is 0 Å². The van der Waals surface area contributed by atoms with Crippen molar-refractivity contribution in [3.05, 3.63) is 60.2 Å². The molecule has 0 bridgehead atoms. The Morgan fingerprint density at radius 2 is 1.73 bits per heavy atom. The molecule has 2 N–H and O–H groups in total. The van der Waals surface area contributed by atoms with Gasteiger partial charge in [0.25, 0.3) is 0 Å². The second kappa shape index (κ2) is 8.86. The maximum absolute atomic E-state index is 12.6. The predicted molar refractivity (Wildman–Crippen MR) is 108 cm³/mol. The smallest absolute Gasteiger partial charge is 0.226 e. The molecular formula is C22H29N3O. The summed E-state index contributed by atoms with van der Waals surface area (Å²) in [5.41, 5.74) is 8.89. The van der Waals surface area contributed by atoms with Gasteiger partial charge in [-0.1, -0.05) is 37.3 Å². The minimum absolute atomic E-state index is 0.192. The standard InChI is InChI=1S/C22H29N3O/c1-2-22(26)25(20-10-8-19(23)9-11-20)21-13-16-24(17-14-21)15-12-18-6-4-3-5-7-18/h3-11,21H,2,12-17,23H2,1H3.